The molecule has 3 heterocycles. The molecule has 2 saturated heterocycles. The fourth-order valence-corrected chi connectivity index (χ4v) is 2.71. The second-order valence-corrected chi connectivity index (χ2v) is 3.93. The number of anilines is 1. The molecule has 2 bridgehead atoms. The van der Waals surface area contributed by atoms with Gasteiger partial charge in [-0.15, -0.1) is 0 Å². The summed E-state index contributed by atoms with van der Waals surface area (Å²) in [5, 5.41) is 0. The Labute approximate surface area is 77.8 Å². The molecule has 2 fully saturated rings. The van der Waals surface area contributed by atoms with Crippen molar-refractivity contribution in [1.82, 2.24) is 9.97 Å². The third-order valence-corrected chi connectivity index (χ3v) is 3.27. The first-order valence-electron chi connectivity index (χ1n) is 4.99. The van der Waals surface area contributed by atoms with Gasteiger partial charge in [-0.2, -0.15) is 0 Å². The van der Waals surface area contributed by atoms with Crippen LogP contribution in [0.4, 0.5) is 5.82 Å². The second kappa shape index (κ2) is 2.69. The third kappa shape index (κ3) is 1.03. The summed E-state index contributed by atoms with van der Waals surface area (Å²) < 4.78 is 0. The summed E-state index contributed by atoms with van der Waals surface area (Å²) in [4.78, 5) is 11.0. The molecular weight excluding hydrogens is 162 g/mol. The molecule has 0 atom stereocenters. The average Bonchev–Trinajstić information content (AvgIpc) is 2.78. The Bertz CT molecular complexity index is 278. The predicted molar refractivity (Wildman–Crippen MR) is 50.6 cm³/mol. The van der Waals surface area contributed by atoms with E-state index in [4.69, 9.17) is 0 Å². The van der Waals surface area contributed by atoms with Gasteiger partial charge in [0.15, 0.2) is 0 Å². The van der Waals surface area contributed by atoms with E-state index in [-0.39, 0.29) is 0 Å². The number of hydrogen-bond donors (Lipinski definition) is 0. The van der Waals surface area contributed by atoms with Crippen LogP contribution in [-0.2, 0) is 0 Å². The van der Waals surface area contributed by atoms with E-state index in [0.29, 0.717) is 0 Å². The van der Waals surface area contributed by atoms with Gasteiger partial charge in [0.2, 0.25) is 0 Å². The van der Waals surface area contributed by atoms with Gasteiger partial charge in [-0.25, -0.2) is 4.98 Å². The molecule has 3 nitrogen and oxygen atoms in total. The standard InChI is InChI=1S/C10H13N3/c1-2-9-4-3-8(1)13(9)10-7-11-5-6-12-10/h5-9H,1-4H2. The Morgan fingerprint density at radius 3 is 2.31 bits per heavy atom. The van der Waals surface area contributed by atoms with Crippen LogP contribution >= 0.6 is 0 Å². The number of rotatable bonds is 1. The van der Waals surface area contributed by atoms with Crippen LogP contribution in [0.25, 0.3) is 0 Å². The van der Waals surface area contributed by atoms with Gasteiger partial charge in [-0.05, 0) is 25.7 Å². The Morgan fingerprint density at radius 1 is 1.08 bits per heavy atom. The van der Waals surface area contributed by atoms with Crippen LogP contribution in [0.15, 0.2) is 18.6 Å². The van der Waals surface area contributed by atoms with Crippen LogP contribution in [0.5, 0.6) is 0 Å². The average molecular weight is 175 g/mol. The second-order valence-electron chi connectivity index (χ2n) is 3.93. The largest absolute Gasteiger partial charge is 0.349 e. The molecule has 3 heteroatoms. The van der Waals surface area contributed by atoms with Gasteiger partial charge in [-0.1, -0.05) is 0 Å². The summed E-state index contributed by atoms with van der Waals surface area (Å²) >= 11 is 0. The molecule has 3 rings (SSSR count). The number of nitrogens with zero attached hydrogens (tertiary/aromatic N) is 3. The van der Waals surface area contributed by atoms with Crippen molar-refractivity contribution in [2.75, 3.05) is 4.90 Å². The molecule has 0 amide bonds. The van der Waals surface area contributed by atoms with E-state index in [0.717, 1.165) is 17.9 Å². The van der Waals surface area contributed by atoms with Crippen LogP contribution in [-0.4, -0.2) is 22.1 Å². The Kier molecular flexibility index (Phi) is 1.51. The van der Waals surface area contributed by atoms with Gasteiger partial charge >= 0.3 is 0 Å². The summed E-state index contributed by atoms with van der Waals surface area (Å²) in [7, 11) is 0. The van der Waals surface area contributed by atoms with E-state index >= 15 is 0 Å². The summed E-state index contributed by atoms with van der Waals surface area (Å²) in [6, 6.07) is 1.50. The molecule has 0 unspecified atom stereocenters. The zero-order chi connectivity index (χ0) is 8.67. The quantitative estimate of drug-likeness (QED) is 0.649. The lowest BCUT2D eigenvalue weighted by molar-refractivity contribution is 0.576. The Morgan fingerprint density at radius 2 is 1.77 bits per heavy atom. The molecule has 0 aromatic carbocycles. The van der Waals surface area contributed by atoms with Gasteiger partial charge in [0.25, 0.3) is 0 Å². The molecule has 2 aliphatic heterocycles. The van der Waals surface area contributed by atoms with Crippen LogP contribution in [0.2, 0.25) is 0 Å². The van der Waals surface area contributed by atoms with Crippen LogP contribution in [0.3, 0.4) is 0 Å². The van der Waals surface area contributed by atoms with Crippen molar-refractivity contribution in [3.05, 3.63) is 18.6 Å². The lowest BCUT2D eigenvalue weighted by Gasteiger charge is -2.22. The van der Waals surface area contributed by atoms with Gasteiger partial charge in [0.1, 0.15) is 5.82 Å². The molecule has 1 aromatic rings. The Balaban J connectivity index is 1.94. The first-order valence-corrected chi connectivity index (χ1v) is 4.99. The number of hydrogen-bond acceptors (Lipinski definition) is 3. The highest BCUT2D eigenvalue weighted by atomic mass is 15.3. The third-order valence-electron chi connectivity index (χ3n) is 3.27. The van der Waals surface area contributed by atoms with Crippen molar-refractivity contribution in [1.29, 1.82) is 0 Å². The van der Waals surface area contributed by atoms with E-state index in [2.05, 4.69) is 14.9 Å². The van der Waals surface area contributed by atoms with Gasteiger partial charge in [-0.3, -0.25) is 4.98 Å². The first kappa shape index (κ1) is 7.30. The van der Waals surface area contributed by atoms with E-state index < -0.39 is 0 Å². The highest BCUT2D eigenvalue weighted by Crippen LogP contribution is 2.39. The summed E-state index contributed by atoms with van der Waals surface area (Å²) in [5.74, 6) is 1.08. The topological polar surface area (TPSA) is 29.0 Å². The molecule has 0 spiro atoms. The predicted octanol–water partition coefficient (Wildman–Crippen LogP) is 1.61. The van der Waals surface area contributed by atoms with Crippen LogP contribution in [0.1, 0.15) is 25.7 Å². The molecule has 0 radical (unpaired) electrons. The normalized spacial score (nSPS) is 31.2. The minimum Gasteiger partial charge on any atom is -0.349 e. The van der Waals surface area contributed by atoms with Crippen LogP contribution < -0.4 is 4.90 Å². The van der Waals surface area contributed by atoms with Crippen molar-refractivity contribution in [2.24, 2.45) is 0 Å². The smallest absolute Gasteiger partial charge is 0.147 e. The first-order chi connectivity index (χ1) is 6.45. The number of aromatic nitrogens is 2. The molecule has 68 valence electrons. The van der Waals surface area contributed by atoms with Gasteiger partial charge in [0, 0.05) is 24.5 Å². The van der Waals surface area contributed by atoms with Gasteiger partial charge in [0.05, 0.1) is 6.20 Å². The monoisotopic (exact) mass is 175 g/mol. The molecule has 2 aliphatic rings. The zero-order valence-electron chi connectivity index (χ0n) is 7.56. The summed E-state index contributed by atoms with van der Waals surface area (Å²) in [6.45, 7) is 0. The summed E-state index contributed by atoms with van der Waals surface area (Å²) in [5.41, 5.74) is 0. The maximum atomic E-state index is 4.36. The lowest BCUT2D eigenvalue weighted by Crippen LogP contribution is -2.28. The van der Waals surface area contributed by atoms with Gasteiger partial charge < -0.3 is 4.90 Å². The van der Waals surface area contributed by atoms with Crippen molar-refractivity contribution in [2.45, 2.75) is 37.8 Å². The Hall–Kier alpha value is -1.12. The molecular formula is C10H13N3. The van der Waals surface area contributed by atoms with E-state index in [9.17, 15) is 0 Å². The van der Waals surface area contributed by atoms with Crippen molar-refractivity contribution in [3.63, 3.8) is 0 Å². The molecule has 0 N–H and O–H groups in total. The lowest BCUT2D eigenvalue weighted by atomic mass is 10.0. The minimum atomic E-state index is 0.752. The van der Waals surface area contributed by atoms with Crippen molar-refractivity contribution < 1.29 is 0 Å². The molecule has 1 aromatic heterocycles. The van der Waals surface area contributed by atoms with Crippen molar-refractivity contribution >= 4 is 5.82 Å². The fraction of sp³-hybridized carbons (Fsp3) is 0.600. The number of fused-ring (bicyclic) bond motifs is 2. The van der Waals surface area contributed by atoms with E-state index in [1.54, 1.807) is 12.4 Å². The summed E-state index contributed by atoms with van der Waals surface area (Å²) in [6.07, 6.45) is 10.8. The molecule has 0 saturated carbocycles. The fourth-order valence-electron chi connectivity index (χ4n) is 2.71. The highest BCUT2D eigenvalue weighted by Gasteiger charge is 2.39. The van der Waals surface area contributed by atoms with E-state index in [1.807, 2.05) is 6.20 Å². The molecule has 13 heavy (non-hydrogen) atoms. The molecule has 0 aliphatic carbocycles. The van der Waals surface area contributed by atoms with E-state index in [1.165, 1.54) is 25.7 Å². The highest BCUT2D eigenvalue weighted by molar-refractivity contribution is 5.42. The zero-order valence-corrected chi connectivity index (χ0v) is 7.56. The SMILES string of the molecule is c1cnc(N2C3CCC2CC3)cn1. The van der Waals surface area contributed by atoms with Crippen molar-refractivity contribution in [3.8, 4) is 0 Å². The maximum Gasteiger partial charge on any atom is 0.147 e. The maximum absolute atomic E-state index is 4.36. The van der Waals surface area contributed by atoms with Crippen LogP contribution in [0, 0.1) is 0 Å². The minimum absolute atomic E-state index is 0.752.